The van der Waals surface area contributed by atoms with E-state index in [9.17, 15) is 4.79 Å². The van der Waals surface area contributed by atoms with Crippen LogP contribution in [0, 0.1) is 0 Å². The number of carbonyl (C=O) groups excluding carboxylic acids is 1. The van der Waals surface area contributed by atoms with Crippen molar-refractivity contribution in [2.24, 2.45) is 0 Å². The van der Waals surface area contributed by atoms with Crippen LogP contribution in [0.15, 0.2) is 34.9 Å². The Balaban J connectivity index is 1.30. The van der Waals surface area contributed by atoms with Gasteiger partial charge in [-0.05, 0) is 85.4 Å². The Morgan fingerprint density at radius 2 is 1.80 bits per heavy atom. The van der Waals surface area contributed by atoms with E-state index in [1.54, 1.807) is 0 Å². The molecule has 7 nitrogen and oxygen atoms in total. The van der Waals surface area contributed by atoms with E-state index in [0.717, 1.165) is 56.7 Å². The first-order chi connectivity index (χ1) is 16.7. The lowest BCUT2D eigenvalue weighted by molar-refractivity contribution is 0.0208. The molecule has 0 aliphatic heterocycles. The average molecular weight is 481 g/mol. The van der Waals surface area contributed by atoms with Crippen LogP contribution in [-0.2, 0) is 10.2 Å². The fraction of sp³-hybridized carbons (Fsp3) is 0.679. The van der Waals surface area contributed by atoms with Gasteiger partial charge in [0.05, 0.1) is 5.41 Å². The zero-order chi connectivity index (χ0) is 24.8. The highest BCUT2D eigenvalue weighted by atomic mass is 16.6. The van der Waals surface area contributed by atoms with Gasteiger partial charge in [0, 0.05) is 30.5 Å². The molecule has 1 heterocycles. The highest BCUT2D eigenvalue weighted by molar-refractivity contribution is 5.70. The lowest BCUT2D eigenvalue weighted by atomic mass is 9.85. The quantitative estimate of drug-likeness (QED) is 0.522. The summed E-state index contributed by atoms with van der Waals surface area (Å²) in [7, 11) is 4.32. The van der Waals surface area contributed by atoms with Crippen LogP contribution in [0.25, 0.3) is 0 Å². The molecule has 1 amide bonds. The molecule has 7 heteroatoms. The molecular weight excluding hydrogens is 440 g/mol. The van der Waals surface area contributed by atoms with Crippen molar-refractivity contribution in [3.05, 3.63) is 47.6 Å². The molecule has 3 saturated carbocycles. The number of hydrogen-bond acceptors (Lipinski definition) is 6. The van der Waals surface area contributed by atoms with Gasteiger partial charge < -0.3 is 19.1 Å². The molecular formula is C28H40N4O3. The number of nitrogens with zero attached hydrogens (tertiary/aromatic N) is 4. The van der Waals surface area contributed by atoms with Gasteiger partial charge in [0.25, 0.3) is 0 Å². The highest BCUT2D eigenvalue weighted by Crippen LogP contribution is 2.52. The third-order valence-electron chi connectivity index (χ3n) is 8.03. The van der Waals surface area contributed by atoms with Crippen LogP contribution in [0.4, 0.5) is 4.79 Å². The molecule has 0 radical (unpaired) electrons. The normalized spacial score (nSPS) is 27.5. The lowest BCUT2D eigenvalue weighted by Crippen LogP contribution is -2.43. The van der Waals surface area contributed by atoms with Gasteiger partial charge in [-0.2, -0.15) is 4.98 Å². The van der Waals surface area contributed by atoms with Gasteiger partial charge in [-0.25, -0.2) is 4.79 Å². The summed E-state index contributed by atoms with van der Waals surface area (Å²) in [5, 5.41) is 4.45. The second-order valence-corrected chi connectivity index (χ2v) is 12.1. The summed E-state index contributed by atoms with van der Waals surface area (Å²) in [5.74, 6) is 2.25. The Morgan fingerprint density at radius 3 is 2.40 bits per heavy atom. The van der Waals surface area contributed by atoms with E-state index in [4.69, 9.17) is 14.2 Å². The molecule has 0 spiro atoms. The lowest BCUT2D eigenvalue weighted by Gasteiger charge is -2.31. The molecule has 2 atom stereocenters. The molecule has 35 heavy (non-hydrogen) atoms. The first-order valence-corrected chi connectivity index (χ1v) is 13.2. The van der Waals surface area contributed by atoms with Crippen molar-refractivity contribution in [1.82, 2.24) is 19.9 Å². The molecule has 3 aliphatic carbocycles. The summed E-state index contributed by atoms with van der Waals surface area (Å²) < 4.78 is 11.6. The zero-order valence-electron chi connectivity index (χ0n) is 21.9. The van der Waals surface area contributed by atoms with Crippen molar-refractivity contribution in [2.75, 3.05) is 20.6 Å². The Labute approximate surface area is 209 Å². The summed E-state index contributed by atoms with van der Waals surface area (Å²) in [6, 6.07) is 11.3. The molecule has 0 bridgehead atoms. The monoisotopic (exact) mass is 480 g/mol. The first kappa shape index (κ1) is 24.3. The maximum atomic E-state index is 13.3. The zero-order valence-corrected chi connectivity index (χ0v) is 21.9. The SMILES string of the molecule is CN(C)C1CCC(c2nc(C3(CN(C(=O)OC(C)(C)C)[C@@H]4C[C@H]4c4ccccc4)CC3)no2)CC1. The van der Waals surface area contributed by atoms with Crippen LogP contribution >= 0.6 is 0 Å². The Morgan fingerprint density at radius 1 is 1.11 bits per heavy atom. The molecule has 1 aromatic heterocycles. The number of carbonyl (C=O) groups is 1. The molecule has 0 saturated heterocycles. The summed E-state index contributed by atoms with van der Waals surface area (Å²) >= 11 is 0. The van der Waals surface area contributed by atoms with E-state index in [1.165, 1.54) is 5.56 Å². The van der Waals surface area contributed by atoms with Gasteiger partial charge in [0.15, 0.2) is 5.82 Å². The third kappa shape index (κ3) is 5.40. The number of rotatable bonds is 7. The third-order valence-corrected chi connectivity index (χ3v) is 8.03. The van der Waals surface area contributed by atoms with Crippen LogP contribution < -0.4 is 0 Å². The van der Waals surface area contributed by atoms with Crippen LogP contribution in [0.1, 0.15) is 94.8 Å². The predicted octanol–water partition coefficient (Wildman–Crippen LogP) is 5.48. The largest absolute Gasteiger partial charge is 0.444 e. The number of ether oxygens (including phenoxy) is 1. The number of hydrogen-bond donors (Lipinski definition) is 0. The van der Waals surface area contributed by atoms with Crippen molar-refractivity contribution >= 4 is 6.09 Å². The van der Waals surface area contributed by atoms with E-state index in [2.05, 4.69) is 48.4 Å². The number of amides is 1. The Bertz CT molecular complexity index is 1020. The summed E-state index contributed by atoms with van der Waals surface area (Å²) in [4.78, 5) is 22.5. The second kappa shape index (κ2) is 9.23. The summed E-state index contributed by atoms with van der Waals surface area (Å²) in [6.07, 6.45) is 7.17. The average Bonchev–Trinajstić information content (AvgIpc) is 3.73. The maximum absolute atomic E-state index is 13.3. The maximum Gasteiger partial charge on any atom is 0.410 e. The van der Waals surface area contributed by atoms with Crippen LogP contribution in [0.5, 0.6) is 0 Å². The number of benzene rings is 1. The molecule has 0 N–H and O–H groups in total. The predicted molar refractivity (Wildman–Crippen MR) is 134 cm³/mol. The van der Waals surface area contributed by atoms with Gasteiger partial charge in [0.2, 0.25) is 5.89 Å². The van der Waals surface area contributed by atoms with E-state index in [-0.39, 0.29) is 17.6 Å². The van der Waals surface area contributed by atoms with E-state index in [1.807, 2.05) is 31.7 Å². The molecule has 0 unspecified atom stereocenters. The topological polar surface area (TPSA) is 71.7 Å². The van der Waals surface area contributed by atoms with E-state index >= 15 is 0 Å². The van der Waals surface area contributed by atoms with Crippen LogP contribution in [0.2, 0.25) is 0 Å². The van der Waals surface area contributed by atoms with Gasteiger partial charge in [0.1, 0.15) is 5.60 Å². The van der Waals surface area contributed by atoms with Crippen molar-refractivity contribution in [1.29, 1.82) is 0 Å². The van der Waals surface area contributed by atoms with Gasteiger partial charge in [-0.1, -0.05) is 35.5 Å². The molecule has 5 rings (SSSR count). The van der Waals surface area contributed by atoms with Gasteiger partial charge >= 0.3 is 6.09 Å². The molecule has 1 aromatic carbocycles. The van der Waals surface area contributed by atoms with Crippen LogP contribution in [0.3, 0.4) is 0 Å². The minimum absolute atomic E-state index is 0.150. The fourth-order valence-electron chi connectivity index (χ4n) is 5.61. The van der Waals surface area contributed by atoms with Crippen molar-refractivity contribution in [2.45, 2.75) is 101 Å². The molecule has 2 aromatic rings. The highest BCUT2D eigenvalue weighted by Gasteiger charge is 2.55. The molecule has 3 fully saturated rings. The minimum Gasteiger partial charge on any atom is -0.444 e. The van der Waals surface area contributed by atoms with E-state index in [0.29, 0.717) is 24.4 Å². The molecule has 190 valence electrons. The van der Waals surface area contributed by atoms with Gasteiger partial charge in [-0.3, -0.25) is 0 Å². The Hall–Kier alpha value is -2.41. The standard InChI is InChI=1S/C28H40N4O3/c1-27(2,3)34-26(33)32(23-17-22(23)19-9-7-6-8-10-19)18-28(15-16-28)25-29-24(35-30-25)20-11-13-21(14-12-20)31(4)5/h6-10,20-23H,11-18H2,1-5H3/t20?,21?,22-,23+/m0/s1. The van der Waals surface area contributed by atoms with Crippen molar-refractivity contribution < 1.29 is 14.1 Å². The first-order valence-electron chi connectivity index (χ1n) is 13.2. The molecule has 3 aliphatic rings. The minimum atomic E-state index is -0.534. The summed E-state index contributed by atoms with van der Waals surface area (Å²) in [6.45, 7) is 6.36. The van der Waals surface area contributed by atoms with Gasteiger partial charge in [-0.15, -0.1) is 0 Å². The van der Waals surface area contributed by atoms with Crippen molar-refractivity contribution in [3.8, 4) is 0 Å². The smallest absolute Gasteiger partial charge is 0.410 e. The number of aromatic nitrogens is 2. The fourth-order valence-corrected chi connectivity index (χ4v) is 5.61. The second-order valence-electron chi connectivity index (χ2n) is 12.1. The van der Waals surface area contributed by atoms with Crippen LogP contribution in [-0.4, -0.2) is 64.4 Å². The van der Waals surface area contributed by atoms with E-state index < -0.39 is 5.60 Å². The Kier molecular flexibility index (Phi) is 6.41. The summed E-state index contributed by atoms with van der Waals surface area (Å²) in [5.41, 5.74) is 0.531. The van der Waals surface area contributed by atoms with Crippen molar-refractivity contribution in [3.63, 3.8) is 0 Å².